The van der Waals surface area contributed by atoms with Crippen molar-refractivity contribution in [2.75, 3.05) is 0 Å². The number of pyridine rings is 8. The van der Waals surface area contributed by atoms with E-state index in [4.69, 9.17) is 29.9 Å². The number of hydrogen-bond donors (Lipinski definition) is 5. The summed E-state index contributed by atoms with van der Waals surface area (Å²) in [5.41, 5.74) is 9.48. The third-order valence-electron chi connectivity index (χ3n) is 18.0. The monoisotopic (exact) mass is 2590 g/mol. The normalized spacial score (nSPS) is 9.88. The predicted molar refractivity (Wildman–Crippen MR) is 480 cm³/mol. The van der Waals surface area contributed by atoms with E-state index in [9.17, 15) is 24.0 Å². The van der Waals surface area contributed by atoms with E-state index >= 15 is 0 Å². The predicted octanol–water partition coefficient (Wildman–Crippen LogP) is 23.0. The Kier molecular flexibility index (Phi) is 39.7. The van der Waals surface area contributed by atoms with Gasteiger partial charge in [0.1, 0.15) is 34.2 Å². The van der Waals surface area contributed by atoms with Gasteiger partial charge in [0.05, 0.1) is 16.6 Å². The standard InChI is InChI=1S/C15H10N.C13H8NO.C13H8NS.C11H8N.5C10H7NO2.5Ir/c1-2-7-13(8-3-1)15-14-9-5-4-6-12(14)10-11-16-15;1-2-6-10(7-3-1)13-14-11-8-4-5-9-12(11)15-13;1-2-7-12-10(5-1)9-13(15-12)11-6-3-4-8-14-11;1-2-6-10(7-3-1)11-8-4-5-9-12-11;2*12-10(13)9-5-7-3-1-2-4-8(7)6-11-9;12-10(13)9-8-4-2-1-3-7(8)5-6-11-9;2*12-10(13)9-6-5-7-3-1-2-4-8(7)11-9;;;;;/h1-7,9-11H;1-6,8-9H;1-8H;1-6,8-9H;5*1-6H,(H,12,13);;;;;/q4*-1;;;;;;;;;;. The summed E-state index contributed by atoms with van der Waals surface area (Å²) in [6.45, 7) is 0. The van der Waals surface area contributed by atoms with Crippen LogP contribution in [0.1, 0.15) is 52.4 Å². The van der Waals surface area contributed by atoms with Crippen molar-refractivity contribution in [1.29, 1.82) is 0 Å². The van der Waals surface area contributed by atoms with E-state index in [1.165, 1.54) is 39.2 Å². The number of fused-ring (bicyclic) bond motifs is 8. The second-order valence-electron chi connectivity index (χ2n) is 26.2. The average Bonchev–Trinajstić information content (AvgIpc) is 1.27. The van der Waals surface area contributed by atoms with Gasteiger partial charge in [0.15, 0.2) is 5.69 Å². The fourth-order valence-corrected chi connectivity index (χ4v) is 13.0. The molecule has 20 nitrogen and oxygen atoms in total. The average molecular weight is 2590 g/mol. The molecule has 21 aromatic rings. The van der Waals surface area contributed by atoms with Crippen LogP contribution < -0.4 is 0 Å². The van der Waals surface area contributed by atoms with Gasteiger partial charge in [-0.2, -0.15) is 0 Å². The van der Waals surface area contributed by atoms with Crippen LogP contribution in [0.5, 0.6) is 0 Å². The van der Waals surface area contributed by atoms with Crippen molar-refractivity contribution in [1.82, 2.24) is 44.9 Å². The van der Waals surface area contributed by atoms with Gasteiger partial charge in [0, 0.05) is 170 Å². The number of aromatic carboxylic acids is 5. The molecule has 21 rings (SSSR count). The number of nitrogens with zero attached hydrogens (tertiary/aromatic N) is 9. The molecule has 5 N–H and O–H groups in total. The molecule has 26 heteroatoms. The van der Waals surface area contributed by atoms with Crippen molar-refractivity contribution in [2.24, 2.45) is 0 Å². The summed E-state index contributed by atoms with van der Waals surface area (Å²) in [7, 11) is 0. The van der Waals surface area contributed by atoms with Gasteiger partial charge in [-0.15, -0.1) is 126 Å². The van der Waals surface area contributed by atoms with Gasteiger partial charge in [0.25, 0.3) is 0 Å². The second-order valence-corrected chi connectivity index (χ2v) is 27.2. The van der Waals surface area contributed by atoms with Gasteiger partial charge in [-0.25, -0.2) is 60.2 Å². The molecule has 0 unspecified atom stereocenters. The molecule has 0 saturated heterocycles. The van der Waals surface area contributed by atoms with Gasteiger partial charge in [0.2, 0.25) is 0 Å². The quantitative estimate of drug-likeness (QED) is 0.0838. The number of hydrogen-bond acceptors (Lipinski definition) is 16. The number of aromatic nitrogens is 9. The molecule has 128 heavy (non-hydrogen) atoms. The minimum atomic E-state index is -0.995. The van der Waals surface area contributed by atoms with Crippen molar-refractivity contribution >= 4 is 127 Å². The first-order valence-corrected chi connectivity index (χ1v) is 38.7. The molecule has 11 aromatic carbocycles. The Balaban J connectivity index is 0.000000177. The zero-order valence-corrected chi connectivity index (χ0v) is 79.5. The number of para-hydroxylation sites is 4. The number of carboxylic acid groups (broad SMARTS) is 5. The fraction of sp³-hybridized carbons (Fsp3) is 0. The van der Waals surface area contributed by atoms with Crippen LogP contribution in [0.3, 0.4) is 0 Å². The summed E-state index contributed by atoms with van der Waals surface area (Å²) >= 11 is 1.73. The van der Waals surface area contributed by atoms with Crippen molar-refractivity contribution in [3.63, 3.8) is 0 Å². The molecule has 0 amide bonds. The molecule has 0 atom stereocenters. The molecular weight excluding hydrogens is 2520 g/mol. The maximum Gasteiger partial charge on any atom is 0.355 e. The van der Waals surface area contributed by atoms with Crippen LogP contribution in [-0.4, -0.2) is 100 Å². The number of oxazole rings is 1. The number of benzene rings is 11. The summed E-state index contributed by atoms with van der Waals surface area (Å²) in [6.07, 6.45) is 10.1. The molecule has 0 aliphatic rings. The third-order valence-corrected chi connectivity index (χ3v) is 19.1. The van der Waals surface area contributed by atoms with Crippen molar-refractivity contribution in [2.45, 2.75) is 0 Å². The van der Waals surface area contributed by atoms with E-state index < -0.39 is 29.8 Å². The first-order valence-electron chi connectivity index (χ1n) is 37.9. The number of carboxylic acids is 5. The summed E-state index contributed by atoms with van der Waals surface area (Å²) in [6, 6.07) is 123. The van der Waals surface area contributed by atoms with Crippen LogP contribution in [0.15, 0.2) is 393 Å². The topological polar surface area (TPSA) is 316 Å². The molecular formula is C102H69Ir5N9O11S-4. The van der Waals surface area contributed by atoms with Gasteiger partial charge in [-0.05, 0) is 121 Å². The maximum atomic E-state index is 10.8. The smallest absolute Gasteiger partial charge is 0.355 e. The van der Waals surface area contributed by atoms with Crippen LogP contribution in [0.25, 0.3) is 131 Å². The zero-order chi connectivity index (χ0) is 85.5. The van der Waals surface area contributed by atoms with Gasteiger partial charge < -0.3 is 44.9 Å². The molecule has 0 aliphatic carbocycles. The van der Waals surface area contributed by atoms with Crippen LogP contribution in [0, 0.1) is 24.3 Å². The van der Waals surface area contributed by atoms with E-state index in [1.54, 1.807) is 84.5 Å². The molecule has 0 fully saturated rings. The zero-order valence-electron chi connectivity index (χ0n) is 66.7. The minimum Gasteiger partial charge on any atom is -0.481 e. The summed E-state index contributed by atoms with van der Waals surface area (Å²) in [4.78, 5) is 90.9. The molecule has 10 heterocycles. The van der Waals surface area contributed by atoms with E-state index in [0.29, 0.717) is 22.3 Å². The van der Waals surface area contributed by atoms with E-state index in [-0.39, 0.29) is 129 Å². The molecule has 5 radical (unpaired) electrons. The molecule has 0 aliphatic heterocycles. The third kappa shape index (κ3) is 28.1. The van der Waals surface area contributed by atoms with Gasteiger partial charge >= 0.3 is 29.8 Å². The SMILES string of the molecule is O=C(O)c1cc2ccccc2cn1.O=C(O)c1cc2ccccc2cn1.O=C(O)c1ccc2ccccc2n1.O=C(O)c1ccc2ccccc2n1.O=C(O)c1nccc2ccccc12.[Ir].[Ir].[Ir].[Ir].[Ir].[c-]1c(-c2ccccn2)sc2ccccc12.[c-]1ccccc1-c1ccccn1.[c-]1ccccc1-c1nc2ccccc2o1.[c-]1ccccc1-c1nccc2ccccc12. The fourth-order valence-electron chi connectivity index (χ4n) is 12.1. The molecule has 0 saturated carbocycles. The van der Waals surface area contributed by atoms with Crippen molar-refractivity contribution in [3.05, 3.63) is 442 Å². The van der Waals surface area contributed by atoms with Crippen molar-refractivity contribution in [3.8, 4) is 44.5 Å². The molecule has 643 valence electrons. The Morgan fingerprint density at radius 3 is 1.20 bits per heavy atom. The summed E-state index contributed by atoms with van der Waals surface area (Å²) < 4.78 is 6.87. The number of thiophene rings is 1. The first kappa shape index (κ1) is 99.6. The largest absolute Gasteiger partial charge is 0.481 e. The van der Waals surface area contributed by atoms with Crippen molar-refractivity contribution < 1.29 is 154 Å². The maximum absolute atomic E-state index is 10.8. The van der Waals surface area contributed by atoms with Crippen LogP contribution >= 0.6 is 11.3 Å². The van der Waals surface area contributed by atoms with Crippen LogP contribution in [0.4, 0.5) is 0 Å². The minimum absolute atomic E-state index is 0. The second kappa shape index (κ2) is 51.0. The van der Waals surface area contributed by atoms with Gasteiger partial charge in [-0.1, -0.05) is 200 Å². The Morgan fingerprint density at radius 2 is 0.711 bits per heavy atom. The Bertz CT molecular complexity index is 6600. The van der Waals surface area contributed by atoms with E-state index in [0.717, 1.165) is 87.5 Å². The summed E-state index contributed by atoms with van der Waals surface area (Å²) in [5.74, 6) is -4.35. The number of rotatable bonds is 9. The Morgan fingerprint density at radius 1 is 0.297 bits per heavy atom. The Hall–Kier alpha value is -13.8. The van der Waals surface area contributed by atoms with E-state index in [1.807, 2.05) is 267 Å². The first-order chi connectivity index (χ1) is 60.2. The van der Waals surface area contributed by atoms with Crippen LogP contribution in [0.2, 0.25) is 0 Å². The van der Waals surface area contributed by atoms with E-state index in [2.05, 4.69) is 99.5 Å². The molecule has 0 spiro atoms. The number of carbonyl (C=O) groups is 5. The Labute approximate surface area is 805 Å². The summed E-state index contributed by atoms with van der Waals surface area (Å²) in [5, 5.41) is 54.3. The van der Waals surface area contributed by atoms with Gasteiger partial charge in [-0.3, -0.25) is 4.98 Å². The molecule has 10 aromatic heterocycles. The van der Waals surface area contributed by atoms with Crippen LogP contribution in [-0.2, 0) is 101 Å². The molecule has 0 bridgehead atoms.